The summed E-state index contributed by atoms with van der Waals surface area (Å²) in [5.41, 5.74) is 4.17. The van der Waals surface area contributed by atoms with Gasteiger partial charge >= 0.3 is 0 Å². The monoisotopic (exact) mass is 534 g/mol. The Bertz CT molecular complexity index is 1630. The average molecular weight is 535 g/mol. The van der Waals surface area contributed by atoms with Crippen molar-refractivity contribution in [1.29, 1.82) is 0 Å². The van der Waals surface area contributed by atoms with Gasteiger partial charge in [-0.15, -0.1) is 0 Å². The maximum atomic E-state index is 10.4. The molecule has 0 unspecified atom stereocenters. The van der Waals surface area contributed by atoms with Crippen molar-refractivity contribution in [1.82, 2.24) is 0 Å². The fraction of sp³-hybridized carbons (Fsp3) is 0.0526. The molecule has 6 aromatic carbocycles. The molecule has 0 aliphatic rings. The van der Waals surface area contributed by atoms with E-state index in [9.17, 15) is 15.3 Å². The third-order valence-corrected chi connectivity index (χ3v) is 8.08. The molecule has 0 heterocycles. The predicted molar refractivity (Wildman–Crippen MR) is 163 cm³/mol. The van der Waals surface area contributed by atoms with Gasteiger partial charge in [-0.3, -0.25) is 0 Å². The Kier molecular flexibility index (Phi) is 6.78. The van der Waals surface area contributed by atoms with Crippen LogP contribution in [0.15, 0.2) is 164 Å². The Morgan fingerprint density at radius 2 is 0.439 bits per heavy atom. The van der Waals surface area contributed by atoms with Gasteiger partial charge in [0.25, 0.3) is 0 Å². The van der Waals surface area contributed by atoms with Crippen molar-refractivity contribution >= 4 is 0 Å². The first-order chi connectivity index (χ1) is 20.1. The molecule has 0 amide bonds. The van der Waals surface area contributed by atoms with Crippen LogP contribution in [0.4, 0.5) is 0 Å². The van der Waals surface area contributed by atoms with Gasteiger partial charge in [-0.1, -0.05) is 127 Å². The zero-order valence-corrected chi connectivity index (χ0v) is 22.4. The number of hydrogen-bond donors (Lipinski definition) is 3. The van der Waals surface area contributed by atoms with Crippen LogP contribution >= 0.6 is 0 Å². The second kappa shape index (κ2) is 10.7. The van der Waals surface area contributed by atoms with Gasteiger partial charge in [-0.25, -0.2) is 0 Å². The Hall–Kier alpha value is -5.28. The lowest BCUT2D eigenvalue weighted by molar-refractivity contribution is 0.415. The summed E-state index contributed by atoms with van der Waals surface area (Å²) in [5.74, 6) is 0.537. The van der Waals surface area contributed by atoms with Gasteiger partial charge in [0.05, 0.1) is 10.8 Å². The van der Waals surface area contributed by atoms with Crippen LogP contribution in [0.2, 0.25) is 0 Å². The normalized spacial score (nSPS) is 11.7. The van der Waals surface area contributed by atoms with E-state index in [1.54, 1.807) is 36.4 Å². The first kappa shape index (κ1) is 26.0. The van der Waals surface area contributed by atoms with Gasteiger partial charge in [-0.05, 0) is 69.8 Å². The van der Waals surface area contributed by atoms with E-state index < -0.39 is 10.8 Å². The topological polar surface area (TPSA) is 60.7 Å². The molecule has 0 fully saturated rings. The third-order valence-electron chi connectivity index (χ3n) is 8.08. The summed E-state index contributed by atoms with van der Waals surface area (Å²) in [4.78, 5) is 0. The van der Waals surface area contributed by atoms with Crippen molar-refractivity contribution in [2.24, 2.45) is 0 Å². The van der Waals surface area contributed by atoms with Gasteiger partial charge < -0.3 is 15.3 Å². The lowest BCUT2D eigenvalue weighted by atomic mass is 9.47. The molecule has 6 aromatic rings. The zero-order chi connectivity index (χ0) is 28.3. The molecule has 3 N–H and O–H groups in total. The van der Waals surface area contributed by atoms with E-state index >= 15 is 0 Å². The van der Waals surface area contributed by atoms with E-state index in [1.165, 1.54) is 0 Å². The fourth-order valence-electron chi connectivity index (χ4n) is 6.50. The first-order valence-corrected chi connectivity index (χ1v) is 13.6. The number of phenols is 3. The highest BCUT2D eigenvalue weighted by Gasteiger charge is 2.57. The minimum absolute atomic E-state index is 0.177. The van der Waals surface area contributed by atoms with E-state index in [-0.39, 0.29) is 17.2 Å². The Balaban J connectivity index is 1.93. The molecular weight excluding hydrogens is 504 g/mol. The van der Waals surface area contributed by atoms with Crippen LogP contribution in [0.5, 0.6) is 17.2 Å². The minimum Gasteiger partial charge on any atom is -0.508 e. The molecule has 0 saturated carbocycles. The van der Waals surface area contributed by atoms with Crippen LogP contribution in [0.1, 0.15) is 33.4 Å². The Morgan fingerprint density at radius 1 is 0.244 bits per heavy atom. The number of aromatic hydroxyl groups is 3. The summed E-state index contributed by atoms with van der Waals surface area (Å²) in [6, 6.07) is 53.5. The molecule has 0 aliphatic carbocycles. The van der Waals surface area contributed by atoms with Crippen LogP contribution in [-0.4, -0.2) is 15.3 Å². The van der Waals surface area contributed by atoms with Crippen molar-refractivity contribution in [2.75, 3.05) is 0 Å². The SMILES string of the molecule is Oc1ccc(C(c2ccccc2)(c2ccccc2)C(c2ccccc2)(c2ccc(O)cc2)c2ccc(O)cc2)cc1. The Labute approximate surface area is 240 Å². The second-order valence-electron chi connectivity index (χ2n) is 10.2. The molecule has 41 heavy (non-hydrogen) atoms. The molecule has 0 atom stereocenters. The summed E-state index contributed by atoms with van der Waals surface area (Å²) in [5, 5.41) is 31.3. The van der Waals surface area contributed by atoms with E-state index in [2.05, 4.69) is 60.7 Å². The van der Waals surface area contributed by atoms with Crippen LogP contribution in [0.25, 0.3) is 0 Å². The molecule has 0 spiro atoms. The van der Waals surface area contributed by atoms with Crippen LogP contribution in [0.3, 0.4) is 0 Å². The highest BCUT2D eigenvalue weighted by atomic mass is 16.3. The van der Waals surface area contributed by atoms with Crippen LogP contribution in [-0.2, 0) is 10.8 Å². The summed E-state index contributed by atoms with van der Waals surface area (Å²) in [6.07, 6.45) is 0. The van der Waals surface area contributed by atoms with E-state index in [0.29, 0.717) is 0 Å². The maximum Gasteiger partial charge on any atom is 0.115 e. The molecular formula is C38H30O3. The highest BCUT2D eigenvalue weighted by Crippen LogP contribution is 2.60. The molecule has 3 heteroatoms. The summed E-state index contributed by atoms with van der Waals surface area (Å²) in [7, 11) is 0. The quantitative estimate of drug-likeness (QED) is 0.181. The molecule has 0 radical (unpaired) electrons. The third kappa shape index (κ3) is 4.23. The maximum absolute atomic E-state index is 10.4. The number of benzene rings is 6. The fourth-order valence-corrected chi connectivity index (χ4v) is 6.50. The molecule has 0 saturated heterocycles. The van der Waals surface area contributed by atoms with Crippen LogP contribution < -0.4 is 0 Å². The van der Waals surface area contributed by atoms with E-state index in [0.717, 1.165) is 33.4 Å². The van der Waals surface area contributed by atoms with Crippen molar-refractivity contribution in [3.63, 3.8) is 0 Å². The number of phenolic OH excluding ortho intramolecular Hbond substituents is 3. The van der Waals surface area contributed by atoms with Crippen LogP contribution in [0, 0.1) is 0 Å². The smallest absolute Gasteiger partial charge is 0.115 e. The number of rotatable bonds is 7. The zero-order valence-electron chi connectivity index (χ0n) is 22.4. The minimum atomic E-state index is -0.921. The molecule has 0 aromatic heterocycles. The van der Waals surface area contributed by atoms with Crippen molar-refractivity contribution in [2.45, 2.75) is 10.8 Å². The summed E-state index contributed by atoms with van der Waals surface area (Å²) in [6.45, 7) is 0. The van der Waals surface area contributed by atoms with Crippen molar-refractivity contribution in [3.05, 3.63) is 197 Å². The summed E-state index contributed by atoms with van der Waals surface area (Å²) < 4.78 is 0. The lowest BCUT2D eigenvalue weighted by Gasteiger charge is -2.53. The van der Waals surface area contributed by atoms with E-state index in [1.807, 2.05) is 66.7 Å². The largest absolute Gasteiger partial charge is 0.508 e. The van der Waals surface area contributed by atoms with Crippen molar-refractivity contribution < 1.29 is 15.3 Å². The number of hydrogen-bond acceptors (Lipinski definition) is 3. The van der Waals surface area contributed by atoms with Gasteiger partial charge in [0, 0.05) is 0 Å². The second-order valence-corrected chi connectivity index (χ2v) is 10.2. The Morgan fingerprint density at radius 3 is 0.659 bits per heavy atom. The molecule has 0 bridgehead atoms. The van der Waals surface area contributed by atoms with Gasteiger partial charge in [0.15, 0.2) is 0 Å². The predicted octanol–water partition coefficient (Wildman–Crippen LogP) is 8.17. The molecule has 0 aliphatic heterocycles. The molecule has 3 nitrogen and oxygen atoms in total. The van der Waals surface area contributed by atoms with Gasteiger partial charge in [0.2, 0.25) is 0 Å². The summed E-state index contributed by atoms with van der Waals surface area (Å²) >= 11 is 0. The van der Waals surface area contributed by atoms with Gasteiger partial charge in [-0.2, -0.15) is 0 Å². The first-order valence-electron chi connectivity index (χ1n) is 13.6. The molecule has 6 rings (SSSR count). The van der Waals surface area contributed by atoms with E-state index in [4.69, 9.17) is 0 Å². The van der Waals surface area contributed by atoms with Crippen molar-refractivity contribution in [3.8, 4) is 17.2 Å². The standard InChI is InChI=1S/C38H30O3/c39-34-22-16-31(17-23-34)37(28-10-4-1-5-11-28,29-12-6-2-7-13-29)38(30-14-8-3-9-15-30,32-18-24-35(40)25-19-32)33-20-26-36(41)27-21-33/h1-27,39-41H. The average Bonchev–Trinajstić information content (AvgIpc) is 3.03. The molecule has 200 valence electrons. The lowest BCUT2D eigenvalue weighted by Crippen LogP contribution is -2.52. The highest BCUT2D eigenvalue weighted by molar-refractivity contribution is 5.68. The van der Waals surface area contributed by atoms with Gasteiger partial charge in [0.1, 0.15) is 17.2 Å².